The van der Waals surface area contributed by atoms with Crippen LogP contribution in [0.25, 0.3) is 10.9 Å². The van der Waals surface area contributed by atoms with Gasteiger partial charge in [0.15, 0.2) is 0 Å². The summed E-state index contributed by atoms with van der Waals surface area (Å²) in [5.41, 5.74) is 1.60. The summed E-state index contributed by atoms with van der Waals surface area (Å²) >= 11 is 0. The fourth-order valence-corrected chi connectivity index (χ4v) is 3.15. The SMILES string of the molecule is COCCS(=O)(=O)Nc1ccc2ccn(CCN(C)C)c2c1. The Bertz CT molecular complexity index is 723. The molecule has 0 unspecified atom stereocenters. The predicted octanol–water partition coefficient (Wildman–Crippen LogP) is 1.59. The topological polar surface area (TPSA) is 63.6 Å². The van der Waals surface area contributed by atoms with Gasteiger partial charge in [-0.3, -0.25) is 4.72 Å². The Hall–Kier alpha value is -1.57. The molecule has 6 nitrogen and oxygen atoms in total. The lowest BCUT2D eigenvalue weighted by Crippen LogP contribution is -2.20. The molecule has 0 saturated heterocycles. The average molecular weight is 325 g/mol. The van der Waals surface area contributed by atoms with Crippen molar-refractivity contribution in [3.8, 4) is 0 Å². The number of nitrogens with zero attached hydrogens (tertiary/aromatic N) is 2. The van der Waals surface area contributed by atoms with Crippen molar-refractivity contribution in [2.24, 2.45) is 0 Å². The summed E-state index contributed by atoms with van der Waals surface area (Å²) in [5.74, 6) is -0.0524. The zero-order valence-electron chi connectivity index (χ0n) is 13.2. The van der Waals surface area contributed by atoms with E-state index in [-0.39, 0.29) is 12.4 Å². The fraction of sp³-hybridized carbons (Fsp3) is 0.467. The summed E-state index contributed by atoms with van der Waals surface area (Å²) in [7, 11) is 2.16. The zero-order valence-corrected chi connectivity index (χ0v) is 14.1. The molecule has 0 aliphatic heterocycles. The van der Waals surface area contributed by atoms with Crippen molar-refractivity contribution >= 4 is 26.6 Å². The summed E-state index contributed by atoms with van der Waals surface area (Å²) in [6.45, 7) is 1.96. The first-order valence-electron chi connectivity index (χ1n) is 7.14. The van der Waals surface area contributed by atoms with E-state index in [4.69, 9.17) is 4.74 Å². The van der Waals surface area contributed by atoms with Crippen LogP contribution in [0, 0.1) is 0 Å². The number of aromatic nitrogens is 1. The van der Waals surface area contributed by atoms with E-state index in [1.165, 1.54) is 7.11 Å². The molecule has 2 rings (SSSR count). The monoisotopic (exact) mass is 325 g/mol. The van der Waals surface area contributed by atoms with Gasteiger partial charge in [0.05, 0.1) is 23.6 Å². The van der Waals surface area contributed by atoms with Gasteiger partial charge in [-0.2, -0.15) is 0 Å². The second-order valence-corrected chi connectivity index (χ2v) is 7.34. The summed E-state index contributed by atoms with van der Waals surface area (Å²) in [6.07, 6.45) is 2.03. The summed E-state index contributed by atoms with van der Waals surface area (Å²) in [5, 5.41) is 1.10. The van der Waals surface area contributed by atoms with Crippen LogP contribution >= 0.6 is 0 Å². The standard InChI is InChI=1S/C15H23N3O3S/c1-17(2)8-9-18-7-6-13-4-5-14(12-15(13)18)16-22(19,20)11-10-21-3/h4-7,12,16H,8-11H2,1-3H3. The minimum absolute atomic E-state index is 0.0524. The van der Waals surface area contributed by atoms with Crippen LogP contribution in [0.3, 0.4) is 0 Å². The van der Waals surface area contributed by atoms with Gasteiger partial charge < -0.3 is 14.2 Å². The van der Waals surface area contributed by atoms with Crippen molar-refractivity contribution in [1.29, 1.82) is 0 Å². The molecule has 7 heteroatoms. The molecule has 0 aliphatic rings. The first-order valence-corrected chi connectivity index (χ1v) is 8.79. The second kappa shape index (κ2) is 7.13. The lowest BCUT2D eigenvalue weighted by atomic mass is 10.2. The first-order chi connectivity index (χ1) is 10.4. The molecule has 1 N–H and O–H groups in total. The average Bonchev–Trinajstić information content (AvgIpc) is 2.85. The Morgan fingerprint density at radius 1 is 1.27 bits per heavy atom. The molecule has 2 aromatic rings. The van der Waals surface area contributed by atoms with E-state index in [0.717, 1.165) is 24.0 Å². The van der Waals surface area contributed by atoms with Gasteiger partial charge in [-0.1, -0.05) is 6.07 Å². The quantitative estimate of drug-likeness (QED) is 0.800. The molecule has 0 spiro atoms. The Morgan fingerprint density at radius 2 is 2.05 bits per heavy atom. The molecule has 0 radical (unpaired) electrons. The number of hydrogen-bond acceptors (Lipinski definition) is 4. The second-order valence-electron chi connectivity index (χ2n) is 5.50. The van der Waals surface area contributed by atoms with Gasteiger partial charge >= 0.3 is 0 Å². The minimum atomic E-state index is -3.38. The lowest BCUT2D eigenvalue weighted by Gasteiger charge is -2.12. The first kappa shape index (κ1) is 16.8. The van der Waals surface area contributed by atoms with Gasteiger partial charge in [0, 0.05) is 26.4 Å². The van der Waals surface area contributed by atoms with Gasteiger partial charge in [0.2, 0.25) is 10.0 Å². The highest BCUT2D eigenvalue weighted by Gasteiger charge is 2.11. The number of fused-ring (bicyclic) bond motifs is 1. The normalized spacial score (nSPS) is 12.2. The number of nitrogens with one attached hydrogen (secondary N) is 1. The third-order valence-corrected chi connectivity index (χ3v) is 4.64. The van der Waals surface area contributed by atoms with E-state index in [1.54, 1.807) is 6.07 Å². The molecular formula is C15H23N3O3S. The maximum atomic E-state index is 11.9. The van der Waals surface area contributed by atoms with Crippen molar-refractivity contribution in [1.82, 2.24) is 9.47 Å². The Balaban J connectivity index is 2.20. The number of methoxy groups -OCH3 is 1. The summed E-state index contributed by atoms with van der Waals surface area (Å²) < 4.78 is 33.4. The number of anilines is 1. The fourth-order valence-electron chi connectivity index (χ4n) is 2.17. The van der Waals surface area contributed by atoms with E-state index >= 15 is 0 Å². The molecule has 1 aromatic heterocycles. The molecule has 0 fully saturated rings. The van der Waals surface area contributed by atoms with Crippen LogP contribution in [0.5, 0.6) is 0 Å². The molecule has 1 heterocycles. The zero-order chi connectivity index (χ0) is 16.2. The van der Waals surface area contributed by atoms with Gasteiger partial charge in [-0.15, -0.1) is 0 Å². The molecule has 0 saturated carbocycles. The molecule has 22 heavy (non-hydrogen) atoms. The maximum Gasteiger partial charge on any atom is 0.235 e. The van der Waals surface area contributed by atoms with Gasteiger partial charge in [0.25, 0.3) is 0 Å². The van der Waals surface area contributed by atoms with E-state index in [1.807, 2.05) is 38.5 Å². The van der Waals surface area contributed by atoms with Crippen LogP contribution in [0.2, 0.25) is 0 Å². The highest BCUT2D eigenvalue weighted by Crippen LogP contribution is 2.21. The Morgan fingerprint density at radius 3 is 2.73 bits per heavy atom. The maximum absolute atomic E-state index is 11.9. The number of benzene rings is 1. The molecule has 122 valence electrons. The van der Waals surface area contributed by atoms with Crippen LogP contribution in [-0.2, 0) is 21.3 Å². The van der Waals surface area contributed by atoms with Crippen molar-refractivity contribution in [2.75, 3.05) is 44.8 Å². The Labute approximate surface area is 131 Å². The number of ether oxygens (including phenoxy) is 1. The number of sulfonamides is 1. The van der Waals surface area contributed by atoms with Crippen LogP contribution in [-0.4, -0.2) is 58.0 Å². The van der Waals surface area contributed by atoms with Crippen molar-refractivity contribution in [2.45, 2.75) is 6.54 Å². The highest BCUT2D eigenvalue weighted by molar-refractivity contribution is 7.92. The van der Waals surface area contributed by atoms with E-state index in [0.29, 0.717) is 5.69 Å². The molecule has 1 aromatic carbocycles. The number of rotatable bonds is 8. The van der Waals surface area contributed by atoms with E-state index in [2.05, 4.69) is 14.2 Å². The third-order valence-electron chi connectivity index (χ3n) is 3.39. The van der Waals surface area contributed by atoms with Crippen molar-refractivity contribution in [3.63, 3.8) is 0 Å². The smallest absolute Gasteiger partial charge is 0.235 e. The highest BCUT2D eigenvalue weighted by atomic mass is 32.2. The number of likely N-dealkylation sites (N-methyl/N-ethyl adjacent to an activating group) is 1. The van der Waals surface area contributed by atoms with Crippen LogP contribution in [0.1, 0.15) is 0 Å². The molecule has 0 bridgehead atoms. The largest absolute Gasteiger partial charge is 0.384 e. The lowest BCUT2D eigenvalue weighted by molar-refractivity contribution is 0.217. The van der Waals surface area contributed by atoms with Crippen molar-refractivity contribution in [3.05, 3.63) is 30.5 Å². The number of hydrogen-bond donors (Lipinski definition) is 1. The van der Waals surface area contributed by atoms with E-state index in [9.17, 15) is 8.42 Å². The third kappa shape index (κ3) is 4.46. The molecule has 0 amide bonds. The van der Waals surface area contributed by atoms with Crippen LogP contribution in [0.15, 0.2) is 30.5 Å². The van der Waals surface area contributed by atoms with Gasteiger partial charge in [0.1, 0.15) is 0 Å². The molecular weight excluding hydrogens is 302 g/mol. The predicted molar refractivity (Wildman–Crippen MR) is 89.8 cm³/mol. The van der Waals surface area contributed by atoms with Gasteiger partial charge in [-0.25, -0.2) is 8.42 Å². The Kier molecular flexibility index (Phi) is 5.44. The summed E-state index contributed by atoms with van der Waals surface area (Å²) in [6, 6.07) is 7.61. The van der Waals surface area contributed by atoms with Crippen molar-refractivity contribution < 1.29 is 13.2 Å². The molecule has 0 aliphatic carbocycles. The van der Waals surface area contributed by atoms with Gasteiger partial charge in [-0.05, 0) is 37.7 Å². The van der Waals surface area contributed by atoms with Crippen LogP contribution < -0.4 is 4.72 Å². The van der Waals surface area contributed by atoms with E-state index < -0.39 is 10.0 Å². The molecule has 0 atom stereocenters. The van der Waals surface area contributed by atoms with Crippen LogP contribution in [0.4, 0.5) is 5.69 Å². The minimum Gasteiger partial charge on any atom is -0.384 e. The summed E-state index contributed by atoms with van der Waals surface area (Å²) in [4.78, 5) is 2.11.